The van der Waals surface area contributed by atoms with Gasteiger partial charge in [-0.25, -0.2) is 4.90 Å². The second-order valence-electron chi connectivity index (χ2n) is 6.20. The molecule has 128 valence electrons. The predicted octanol–water partition coefficient (Wildman–Crippen LogP) is 0.524. The number of anilines is 1. The van der Waals surface area contributed by atoms with E-state index >= 15 is 0 Å². The molecule has 2 aliphatic rings. The van der Waals surface area contributed by atoms with Crippen molar-refractivity contribution in [3.05, 3.63) is 24.3 Å². The lowest BCUT2D eigenvalue weighted by molar-refractivity contribution is -0.124. The van der Waals surface area contributed by atoms with E-state index in [2.05, 4.69) is 0 Å². The maximum Gasteiger partial charge on any atom is 0.251 e. The number of methoxy groups -OCH3 is 1. The summed E-state index contributed by atoms with van der Waals surface area (Å²) >= 11 is 0. The average molecular weight is 331 g/mol. The van der Waals surface area contributed by atoms with Crippen LogP contribution in [0.3, 0.4) is 0 Å². The summed E-state index contributed by atoms with van der Waals surface area (Å²) < 4.78 is 5.16. The van der Waals surface area contributed by atoms with E-state index in [4.69, 9.17) is 10.5 Å². The Kier molecular flexibility index (Phi) is 4.53. The molecule has 0 aromatic heterocycles. The van der Waals surface area contributed by atoms with Crippen molar-refractivity contribution in [3.63, 3.8) is 0 Å². The third kappa shape index (κ3) is 2.99. The number of likely N-dealkylation sites (tertiary alicyclic amines) is 1. The fourth-order valence-electron chi connectivity index (χ4n) is 3.42. The first-order valence-electron chi connectivity index (χ1n) is 8.05. The quantitative estimate of drug-likeness (QED) is 0.812. The molecule has 0 aliphatic carbocycles. The molecule has 1 unspecified atom stereocenters. The molecule has 2 fully saturated rings. The summed E-state index contributed by atoms with van der Waals surface area (Å²) in [5, 5.41) is 0. The molecule has 0 saturated carbocycles. The van der Waals surface area contributed by atoms with Gasteiger partial charge in [-0.05, 0) is 38.1 Å². The van der Waals surface area contributed by atoms with E-state index < -0.39 is 6.04 Å². The number of piperidine rings is 1. The summed E-state index contributed by atoms with van der Waals surface area (Å²) in [7, 11) is 1.54. The summed E-state index contributed by atoms with van der Waals surface area (Å²) in [6.45, 7) is 1.20. The number of ether oxygens (including phenoxy) is 1. The van der Waals surface area contributed by atoms with Gasteiger partial charge in [0.2, 0.25) is 11.8 Å². The van der Waals surface area contributed by atoms with Crippen molar-refractivity contribution in [1.29, 1.82) is 0 Å². The minimum Gasteiger partial charge on any atom is -0.497 e. The second-order valence-corrected chi connectivity index (χ2v) is 6.20. The highest BCUT2D eigenvalue weighted by Crippen LogP contribution is 2.30. The SMILES string of the molecule is COc1cccc(N2C(=O)CC(N3CCC(C(N)=O)CC3)C2=O)c1. The average Bonchev–Trinajstić information content (AvgIpc) is 2.89. The van der Waals surface area contributed by atoms with E-state index in [0.29, 0.717) is 37.4 Å². The Morgan fingerprint density at radius 1 is 1.25 bits per heavy atom. The Morgan fingerprint density at radius 2 is 1.96 bits per heavy atom. The van der Waals surface area contributed by atoms with Crippen LogP contribution in [0, 0.1) is 5.92 Å². The summed E-state index contributed by atoms with van der Waals surface area (Å²) in [5.74, 6) is -0.260. The Hall–Kier alpha value is -2.41. The number of nitrogens with two attached hydrogens (primary N) is 1. The molecule has 24 heavy (non-hydrogen) atoms. The Balaban J connectivity index is 1.73. The normalized spacial score (nSPS) is 22.9. The molecule has 3 amide bonds. The third-order valence-electron chi connectivity index (χ3n) is 4.81. The van der Waals surface area contributed by atoms with Crippen molar-refractivity contribution in [3.8, 4) is 5.75 Å². The highest BCUT2D eigenvalue weighted by molar-refractivity contribution is 6.22. The number of carbonyl (C=O) groups is 3. The van der Waals surface area contributed by atoms with Crippen molar-refractivity contribution in [1.82, 2.24) is 4.90 Å². The van der Waals surface area contributed by atoms with E-state index in [9.17, 15) is 14.4 Å². The Morgan fingerprint density at radius 3 is 2.58 bits per heavy atom. The van der Waals surface area contributed by atoms with E-state index in [1.807, 2.05) is 4.90 Å². The molecule has 3 rings (SSSR count). The van der Waals surface area contributed by atoms with Crippen LogP contribution >= 0.6 is 0 Å². The fraction of sp³-hybridized carbons (Fsp3) is 0.471. The highest BCUT2D eigenvalue weighted by Gasteiger charge is 2.43. The van der Waals surface area contributed by atoms with E-state index in [-0.39, 0.29) is 30.1 Å². The summed E-state index contributed by atoms with van der Waals surface area (Å²) in [6, 6.07) is 6.45. The minimum absolute atomic E-state index is 0.136. The number of primary amides is 1. The summed E-state index contributed by atoms with van der Waals surface area (Å²) in [4.78, 5) is 39.6. The number of carbonyl (C=O) groups excluding carboxylic acids is 3. The molecule has 1 aromatic carbocycles. The molecule has 2 N–H and O–H groups in total. The van der Waals surface area contributed by atoms with E-state index in [1.54, 1.807) is 31.4 Å². The van der Waals surface area contributed by atoms with Crippen LogP contribution in [-0.2, 0) is 14.4 Å². The summed E-state index contributed by atoms with van der Waals surface area (Å²) in [5.41, 5.74) is 5.87. The van der Waals surface area contributed by atoms with Crippen molar-refractivity contribution < 1.29 is 19.1 Å². The number of hydrogen-bond acceptors (Lipinski definition) is 5. The van der Waals surface area contributed by atoms with Crippen LogP contribution in [0.25, 0.3) is 0 Å². The molecule has 2 heterocycles. The van der Waals surface area contributed by atoms with Gasteiger partial charge in [-0.3, -0.25) is 19.3 Å². The number of benzene rings is 1. The molecule has 2 aliphatic heterocycles. The fourth-order valence-corrected chi connectivity index (χ4v) is 3.42. The van der Waals surface area contributed by atoms with Gasteiger partial charge in [0.05, 0.1) is 25.3 Å². The maximum atomic E-state index is 12.8. The summed E-state index contributed by atoms with van der Waals surface area (Å²) in [6.07, 6.45) is 1.43. The van der Waals surface area contributed by atoms with Crippen molar-refractivity contribution >= 4 is 23.4 Å². The molecular weight excluding hydrogens is 310 g/mol. The van der Waals surface area contributed by atoms with Crippen molar-refractivity contribution in [2.75, 3.05) is 25.1 Å². The molecule has 1 atom stereocenters. The van der Waals surface area contributed by atoms with Gasteiger partial charge >= 0.3 is 0 Å². The monoisotopic (exact) mass is 331 g/mol. The van der Waals surface area contributed by atoms with Gasteiger partial charge in [0, 0.05) is 12.0 Å². The lowest BCUT2D eigenvalue weighted by atomic mass is 9.95. The van der Waals surface area contributed by atoms with Gasteiger partial charge in [0.15, 0.2) is 0 Å². The first-order chi connectivity index (χ1) is 11.5. The van der Waals surface area contributed by atoms with Gasteiger partial charge in [0.25, 0.3) is 5.91 Å². The zero-order chi connectivity index (χ0) is 17.3. The second kappa shape index (κ2) is 6.60. The number of imide groups is 1. The van der Waals surface area contributed by atoms with Crippen LogP contribution in [0.1, 0.15) is 19.3 Å². The van der Waals surface area contributed by atoms with Gasteiger partial charge in [-0.1, -0.05) is 6.07 Å². The lowest BCUT2D eigenvalue weighted by Crippen LogP contribution is -2.47. The highest BCUT2D eigenvalue weighted by atomic mass is 16.5. The first-order valence-corrected chi connectivity index (χ1v) is 8.05. The number of amides is 3. The molecular formula is C17H21N3O4. The zero-order valence-electron chi connectivity index (χ0n) is 13.6. The number of rotatable bonds is 4. The van der Waals surface area contributed by atoms with Gasteiger partial charge in [0.1, 0.15) is 5.75 Å². The zero-order valence-corrected chi connectivity index (χ0v) is 13.6. The van der Waals surface area contributed by atoms with Crippen LogP contribution in [-0.4, -0.2) is 48.9 Å². The first kappa shape index (κ1) is 16.4. The van der Waals surface area contributed by atoms with Crippen LogP contribution in [0.5, 0.6) is 5.75 Å². The van der Waals surface area contributed by atoms with E-state index in [1.165, 1.54) is 4.90 Å². The Labute approximate surface area is 140 Å². The van der Waals surface area contributed by atoms with Crippen LogP contribution in [0.4, 0.5) is 5.69 Å². The number of hydrogen-bond donors (Lipinski definition) is 1. The van der Waals surface area contributed by atoms with Crippen LogP contribution in [0.15, 0.2) is 24.3 Å². The largest absolute Gasteiger partial charge is 0.497 e. The topological polar surface area (TPSA) is 92.9 Å². The number of nitrogens with zero attached hydrogens (tertiary/aromatic N) is 2. The minimum atomic E-state index is -0.461. The van der Waals surface area contributed by atoms with E-state index in [0.717, 1.165) is 0 Å². The third-order valence-corrected chi connectivity index (χ3v) is 4.81. The predicted molar refractivity (Wildman–Crippen MR) is 87.4 cm³/mol. The van der Waals surface area contributed by atoms with Crippen LogP contribution in [0.2, 0.25) is 0 Å². The van der Waals surface area contributed by atoms with Crippen molar-refractivity contribution in [2.45, 2.75) is 25.3 Å². The van der Waals surface area contributed by atoms with Gasteiger partial charge in [-0.2, -0.15) is 0 Å². The van der Waals surface area contributed by atoms with Crippen LogP contribution < -0.4 is 15.4 Å². The molecule has 0 bridgehead atoms. The maximum absolute atomic E-state index is 12.8. The van der Waals surface area contributed by atoms with Crippen molar-refractivity contribution in [2.24, 2.45) is 11.7 Å². The molecule has 7 nitrogen and oxygen atoms in total. The molecule has 0 radical (unpaired) electrons. The Bertz CT molecular complexity index is 668. The van der Waals surface area contributed by atoms with Gasteiger partial charge < -0.3 is 10.5 Å². The molecule has 1 aromatic rings. The smallest absolute Gasteiger partial charge is 0.251 e. The molecule has 7 heteroatoms. The van der Waals surface area contributed by atoms with Gasteiger partial charge in [-0.15, -0.1) is 0 Å². The molecule has 0 spiro atoms. The lowest BCUT2D eigenvalue weighted by Gasteiger charge is -2.33. The standard InChI is InChI=1S/C17H21N3O4/c1-24-13-4-2-3-12(9-13)20-15(21)10-14(17(20)23)19-7-5-11(6-8-19)16(18)22/h2-4,9,11,14H,5-8,10H2,1H3,(H2,18,22). The molecule has 2 saturated heterocycles.